The largest absolute Gasteiger partial charge is 0.464 e. The molecule has 0 aliphatic carbocycles. The molecule has 0 fully saturated rings. The molecule has 0 spiro atoms. The van der Waals surface area contributed by atoms with Gasteiger partial charge in [0.1, 0.15) is 18.6 Å². The minimum Gasteiger partial charge on any atom is -0.464 e. The minimum atomic E-state index is -1.24. The maximum atomic E-state index is 12.3. The number of allylic oxidation sites excluding steroid dienone is 4. The van der Waals surface area contributed by atoms with E-state index in [4.69, 9.17) is 21.1 Å². The van der Waals surface area contributed by atoms with Crippen LogP contribution in [0.2, 0.25) is 0 Å². The van der Waals surface area contributed by atoms with Crippen LogP contribution in [-0.4, -0.2) is 30.4 Å². The van der Waals surface area contributed by atoms with E-state index in [1.54, 1.807) is 6.92 Å². The van der Waals surface area contributed by atoms with Gasteiger partial charge in [-0.1, -0.05) is 141 Å². The standard InChI is InChI=1S/C41H73ClO5/c1-4-6-8-10-12-14-16-18-20-22-24-26-28-30-32-34-38(43)46-36-41(3,40(42)45)37-47-39(44)35-33-31-29-27-25-23-21-19-17-15-13-11-9-7-5-2/h18-21H,4-17,22-37H2,1-3H3/b20-18-,21-19-. The molecule has 0 aromatic carbocycles. The molecular weight excluding hydrogens is 608 g/mol. The molecular formula is C41H73ClO5. The van der Waals surface area contributed by atoms with Gasteiger partial charge in [0, 0.05) is 12.8 Å². The lowest BCUT2D eigenvalue weighted by atomic mass is 9.95. The number of rotatable bonds is 35. The molecule has 47 heavy (non-hydrogen) atoms. The van der Waals surface area contributed by atoms with Crippen LogP contribution in [-0.2, 0) is 23.9 Å². The molecule has 6 heteroatoms. The van der Waals surface area contributed by atoms with Gasteiger partial charge in [-0.15, -0.1) is 0 Å². The Morgan fingerprint density at radius 2 is 0.745 bits per heavy atom. The Balaban J connectivity index is 3.81. The molecule has 0 radical (unpaired) electrons. The van der Waals surface area contributed by atoms with Crippen LogP contribution in [0.25, 0.3) is 0 Å². The van der Waals surface area contributed by atoms with Gasteiger partial charge in [-0.05, 0) is 82.7 Å². The van der Waals surface area contributed by atoms with E-state index in [9.17, 15) is 14.4 Å². The molecule has 0 saturated carbocycles. The molecule has 0 rings (SSSR count). The average molecular weight is 681 g/mol. The van der Waals surface area contributed by atoms with Gasteiger partial charge >= 0.3 is 11.9 Å². The molecule has 0 aromatic rings. The van der Waals surface area contributed by atoms with Gasteiger partial charge in [-0.25, -0.2) is 0 Å². The number of esters is 2. The van der Waals surface area contributed by atoms with Crippen LogP contribution in [0.15, 0.2) is 24.3 Å². The lowest BCUT2D eigenvalue weighted by Crippen LogP contribution is -2.36. The first-order valence-electron chi connectivity index (χ1n) is 19.7. The van der Waals surface area contributed by atoms with Crippen molar-refractivity contribution < 1.29 is 23.9 Å². The van der Waals surface area contributed by atoms with Crippen LogP contribution < -0.4 is 0 Å². The highest BCUT2D eigenvalue weighted by Crippen LogP contribution is 2.23. The number of carbonyl (C=O) groups is 3. The van der Waals surface area contributed by atoms with Crippen molar-refractivity contribution >= 4 is 28.8 Å². The highest BCUT2D eigenvalue weighted by atomic mass is 35.5. The zero-order chi connectivity index (χ0) is 34.7. The molecule has 0 unspecified atom stereocenters. The number of ether oxygens (including phenoxy) is 2. The number of hydrogen-bond acceptors (Lipinski definition) is 5. The molecule has 0 aliphatic heterocycles. The van der Waals surface area contributed by atoms with Crippen molar-refractivity contribution in [1.82, 2.24) is 0 Å². The first-order valence-corrected chi connectivity index (χ1v) is 20.0. The molecule has 0 aromatic heterocycles. The lowest BCUT2D eigenvalue weighted by Gasteiger charge is -2.24. The fourth-order valence-corrected chi connectivity index (χ4v) is 5.57. The van der Waals surface area contributed by atoms with E-state index < -0.39 is 10.7 Å². The summed E-state index contributed by atoms with van der Waals surface area (Å²) in [6, 6.07) is 0. The normalized spacial score (nSPS) is 11.9. The molecule has 0 atom stereocenters. The summed E-state index contributed by atoms with van der Waals surface area (Å²) >= 11 is 5.81. The Kier molecular flexibility index (Phi) is 33.1. The zero-order valence-electron chi connectivity index (χ0n) is 30.9. The molecule has 0 aliphatic rings. The molecule has 5 nitrogen and oxygen atoms in total. The third-order valence-corrected chi connectivity index (χ3v) is 9.32. The van der Waals surface area contributed by atoms with Crippen molar-refractivity contribution in [3.05, 3.63) is 24.3 Å². The summed E-state index contributed by atoms with van der Waals surface area (Å²) in [6.07, 6.45) is 41.1. The van der Waals surface area contributed by atoms with Crippen LogP contribution >= 0.6 is 11.6 Å². The van der Waals surface area contributed by atoms with Gasteiger partial charge < -0.3 is 9.47 Å². The fraction of sp³-hybridized carbons (Fsp3) is 0.829. The summed E-state index contributed by atoms with van der Waals surface area (Å²) in [5.41, 5.74) is -1.24. The van der Waals surface area contributed by atoms with Crippen molar-refractivity contribution in [1.29, 1.82) is 0 Å². The number of hydrogen-bond donors (Lipinski definition) is 0. The van der Waals surface area contributed by atoms with Crippen LogP contribution in [0.4, 0.5) is 0 Å². The van der Waals surface area contributed by atoms with Crippen LogP contribution in [0.1, 0.15) is 201 Å². The first-order chi connectivity index (χ1) is 22.9. The molecule has 0 amide bonds. The molecule has 0 saturated heterocycles. The van der Waals surface area contributed by atoms with Gasteiger partial charge in [0.15, 0.2) is 0 Å². The summed E-state index contributed by atoms with van der Waals surface area (Å²) in [4.78, 5) is 36.6. The highest BCUT2D eigenvalue weighted by Gasteiger charge is 2.35. The van der Waals surface area contributed by atoms with E-state index in [2.05, 4.69) is 38.2 Å². The van der Waals surface area contributed by atoms with Gasteiger partial charge in [0.05, 0.1) is 0 Å². The summed E-state index contributed by atoms with van der Waals surface area (Å²) in [7, 11) is 0. The Morgan fingerprint density at radius 1 is 0.468 bits per heavy atom. The molecule has 0 N–H and O–H groups in total. The van der Waals surface area contributed by atoms with Gasteiger partial charge in [0.2, 0.25) is 5.24 Å². The van der Waals surface area contributed by atoms with Gasteiger partial charge in [0.25, 0.3) is 0 Å². The van der Waals surface area contributed by atoms with Crippen LogP contribution in [0.3, 0.4) is 0 Å². The van der Waals surface area contributed by atoms with E-state index in [0.29, 0.717) is 12.8 Å². The predicted octanol–water partition coefficient (Wildman–Crippen LogP) is 12.9. The molecule has 0 heterocycles. The number of halogens is 1. The van der Waals surface area contributed by atoms with Crippen molar-refractivity contribution in [3.8, 4) is 0 Å². The first kappa shape index (κ1) is 45.4. The van der Waals surface area contributed by atoms with E-state index >= 15 is 0 Å². The fourth-order valence-electron chi connectivity index (χ4n) is 5.46. The minimum absolute atomic E-state index is 0.181. The average Bonchev–Trinajstić information content (AvgIpc) is 3.06. The van der Waals surface area contributed by atoms with E-state index in [1.165, 1.54) is 103 Å². The van der Waals surface area contributed by atoms with Crippen molar-refractivity contribution in [2.45, 2.75) is 201 Å². The Labute approximate surface area is 295 Å². The third kappa shape index (κ3) is 31.4. The number of carbonyl (C=O) groups excluding carboxylic acids is 3. The smallest absolute Gasteiger partial charge is 0.305 e. The van der Waals surface area contributed by atoms with E-state index in [0.717, 1.165) is 64.2 Å². The van der Waals surface area contributed by atoms with E-state index in [-0.39, 0.29) is 25.2 Å². The summed E-state index contributed by atoms with van der Waals surface area (Å²) in [5, 5.41) is -0.667. The molecule has 0 bridgehead atoms. The number of unbranched alkanes of at least 4 members (excludes halogenated alkanes) is 22. The molecule has 274 valence electrons. The second kappa shape index (κ2) is 34.3. The van der Waals surface area contributed by atoms with E-state index in [1.807, 2.05) is 0 Å². The quantitative estimate of drug-likeness (QED) is 0.0288. The van der Waals surface area contributed by atoms with Crippen molar-refractivity contribution in [3.63, 3.8) is 0 Å². The Hall–Kier alpha value is -1.62. The monoisotopic (exact) mass is 681 g/mol. The Morgan fingerprint density at radius 3 is 1.04 bits per heavy atom. The maximum Gasteiger partial charge on any atom is 0.305 e. The van der Waals surface area contributed by atoms with Crippen molar-refractivity contribution in [2.24, 2.45) is 5.41 Å². The lowest BCUT2D eigenvalue weighted by molar-refractivity contribution is -0.155. The zero-order valence-corrected chi connectivity index (χ0v) is 31.7. The third-order valence-electron chi connectivity index (χ3n) is 8.86. The second-order valence-electron chi connectivity index (χ2n) is 13.8. The second-order valence-corrected chi connectivity index (χ2v) is 14.2. The van der Waals surface area contributed by atoms with Gasteiger partial charge in [-0.3, -0.25) is 14.4 Å². The van der Waals surface area contributed by atoms with Crippen molar-refractivity contribution in [2.75, 3.05) is 13.2 Å². The SMILES string of the molecule is CCCCCCCC/C=C\CCCCCCCC(=O)OCC(C)(COC(=O)CCCCCCC/C=C\CCCCCCCC)C(=O)Cl. The Bertz CT molecular complexity index is 750. The predicted molar refractivity (Wildman–Crippen MR) is 200 cm³/mol. The van der Waals surface area contributed by atoms with Crippen LogP contribution in [0.5, 0.6) is 0 Å². The summed E-state index contributed by atoms with van der Waals surface area (Å²) < 4.78 is 10.7. The topological polar surface area (TPSA) is 69.7 Å². The highest BCUT2D eigenvalue weighted by molar-refractivity contribution is 6.64. The summed E-state index contributed by atoms with van der Waals surface area (Å²) in [5.74, 6) is -0.683. The van der Waals surface area contributed by atoms with Crippen LogP contribution in [0, 0.1) is 5.41 Å². The maximum absolute atomic E-state index is 12.3. The summed E-state index contributed by atoms with van der Waals surface area (Å²) in [6.45, 7) is 5.72. The van der Waals surface area contributed by atoms with Gasteiger partial charge in [-0.2, -0.15) is 0 Å².